The topological polar surface area (TPSA) is 21.3 Å². The fourth-order valence-electron chi connectivity index (χ4n) is 2.51. The van der Waals surface area contributed by atoms with E-state index in [-0.39, 0.29) is 13.0 Å². The van der Waals surface area contributed by atoms with Crippen molar-refractivity contribution in [2.24, 2.45) is 0 Å². The van der Waals surface area contributed by atoms with Crippen LogP contribution in [0.3, 0.4) is 0 Å². The van der Waals surface area contributed by atoms with Crippen LogP contribution in [0.1, 0.15) is 36.4 Å². The van der Waals surface area contributed by atoms with E-state index in [9.17, 15) is 13.2 Å². The lowest BCUT2D eigenvalue weighted by atomic mass is 10.1. The largest absolute Gasteiger partial charge is 0.493 e. The van der Waals surface area contributed by atoms with Crippen LogP contribution in [-0.2, 0) is 6.42 Å². The minimum atomic E-state index is -4.10. The molecule has 1 aliphatic rings. The molecule has 1 atom stereocenters. The molecule has 1 aromatic rings. The van der Waals surface area contributed by atoms with Crippen molar-refractivity contribution >= 4 is 0 Å². The highest BCUT2D eigenvalue weighted by atomic mass is 19.4. The van der Waals surface area contributed by atoms with Gasteiger partial charge in [0, 0.05) is 12.5 Å². The molecule has 0 heterocycles. The molecule has 1 aromatic carbocycles. The van der Waals surface area contributed by atoms with Gasteiger partial charge in [0.15, 0.2) is 0 Å². The highest BCUT2D eigenvalue weighted by Gasteiger charge is 2.27. The zero-order valence-corrected chi connectivity index (χ0v) is 10.9. The summed E-state index contributed by atoms with van der Waals surface area (Å²) in [4.78, 5) is 0. The van der Waals surface area contributed by atoms with Crippen LogP contribution in [0.2, 0.25) is 0 Å². The highest BCUT2D eigenvalue weighted by molar-refractivity contribution is 5.45. The van der Waals surface area contributed by atoms with Crippen molar-refractivity contribution in [2.45, 2.75) is 37.9 Å². The maximum Gasteiger partial charge on any atom is 0.389 e. The summed E-state index contributed by atoms with van der Waals surface area (Å²) >= 11 is 0. The number of ether oxygens (including phenoxy) is 1. The first-order valence-corrected chi connectivity index (χ1v) is 6.50. The van der Waals surface area contributed by atoms with Crippen LogP contribution in [0.15, 0.2) is 18.2 Å². The van der Waals surface area contributed by atoms with Crippen molar-refractivity contribution in [1.29, 1.82) is 0 Å². The molecule has 1 unspecified atom stereocenters. The molecule has 0 amide bonds. The standard InChI is InChI=1S/C14H18F3NO/c1-18-12-7-6-11-10(12)4-2-5-13(11)19-9-3-8-14(15,16)17/h2,4-5,12,18H,3,6-9H2,1H3. The predicted octanol–water partition coefficient (Wildman–Crippen LogP) is 3.61. The lowest BCUT2D eigenvalue weighted by Crippen LogP contribution is -2.13. The van der Waals surface area contributed by atoms with Gasteiger partial charge in [-0.25, -0.2) is 0 Å². The van der Waals surface area contributed by atoms with Crippen molar-refractivity contribution in [3.05, 3.63) is 29.3 Å². The zero-order valence-electron chi connectivity index (χ0n) is 10.9. The second-order valence-corrected chi connectivity index (χ2v) is 4.77. The summed E-state index contributed by atoms with van der Waals surface area (Å²) in [6.45, 7) is 0.111. The first-order chi connectivity index (χ1) is 9.01. The first-order valence-electron chi connectivity index (χ1n) is 6.50. The van der Waals surface area contributed by atoms with Crippen LogP contribution in [0.4, 0.5) is 13.2 Å². The molecule has 1 N–H and O–H groups in total. The lowest BCUT2D eigenvalue weighted by molar-refractivity contribution is -0.136. The molecule has 106 valence electrons. The number of benzene rings is 1. The van der Waals surface area contributed by atoms with Crippen molar-refractivity contribution in [3.8, 4) is 5.75 Å². The molecule has 0 radical (unpaired) electrons. The molecule has 19 heavy (non-hydrogen) atoms. The normalized spacial score (nSPS) is 18.4. The Balaban J connectivity index is 1.93. The van der Waals surface area contributed by atoms with Gasteiger partial charge in [0.1, 0.15) is 5.75 Å². The molecular formula is C14H18F3NO. The number of nitrogens with one attached hydrogen (secondary N) is 1. The molecule has 0 aliphatic heterocycles. The number of hydrogen-bond donors (Lipinski definition) is 1. The minimum Gasteiger partial charge on any atom is -0.493 e. The smallest absolute Gasteiger partial charge is 0.389 e. The highest BCUT2D eigenvalue weighted by Crippen LogP contribution is 2.36. The fraction of sp³-hybridized carbons (Fsp3) is 0.571. The molecule has 0 fully saturated rings. The van der Waals surface area contributed by atoms with Crippen LogP contribution >= 0.6 is 0 Å². The Morgan fingerprint density at radius 1 is 1.37 bits per heavy atom. The summed E-state index contributed by atoms with van der Waals surface area (Å²) in [5.74, 6) is 0.734. The number of rotatable bonds is 5. The van der Waals surface area contributed by atoms with Gasteiger partial charge in [-0.2, -0.15) is 13.2 Å². The third kappa shape index (κ3) is 3.62. The molecule has 5 heteroatoms. The number of hydrogen-bond acceptors (Lipinski definition) is 2. The van der Waals surface area contributed by atoms with Gasteiger partial charge in [-0.15, -0.1) is 0 Å². The van der Waals surface area contributed by atoms with E-state index in [1.54, 1.807) is 0 Å². The number of fused-ring (bicyclic) bond motifs is 1. The lowest BCUT2D eigenvalue weighted by Gasteiger charge is -2.13. The third-order valence-electron chi connectivity index (χ3n) is 3.44. The van der Waals surface area contributed by atoms with Crippen molar-refractivity contribution in [2.75, 3.05) is 13.7 Å². The van der Waals surface area contributed by atoms with Crippen molar-refractivity contribution in [3.63, 3.8) is 0 Å². The summed E-state index contributed by atoms with van der Waals surface area (Å²) in [5, 5.41) is 3.23. The number of halogens is 3. The van der Waals surface area contributed by atoms with Crippen LogP contribution < -0.4 is 10.1 Å². The Morgan fingerprint density at radius 3 is 2.84 bits per heavy atom. The van der Waals surface area contributed by atoms with Crippen LogP contribution in [0.25, 0.3) is 0 Å². The van der Waals surface area contributed by atoms with E-state index in [2.05, 4.69) is 5.32 Å². The average molecular weight is 273 g/mol. The van der Waals surface area contributed by atoms with E-state index in [1.807, 2.05) is 25.2 Å². The first kappa shape index (κ1) is 14.2. The molecule has 2 nitrogen and oxygen atoms in total. The average Bonchev–Trinajstić information content (AvgIpc) is 2.77. The molecule has 0 spiro atoms. The molecule has 2 rings (SSSR count). The van der Waals surface area contributed by atoms with Crippen molar-refractivity contribution < 1.29 is 17.9 Å². The van der Waals surface area contributed by atoms with Crippen molar-refractivity contribution in [1.82, 2.24) is 5.32 Å². The molecule has 0 saturated carbocycles. The molecule has 1 aliphatic carbocycles. The van der Waals surface area contributed by atoms with Gasteiger partial charge in [0.25, 0.3) is 0 Å². The van der Waals surface area contributed by atoms with Gasteiger partial charge in [-0.1, -0.05) is 12.1 Å². The van der Waals surface area contributed by atoms with Gasteiger partial charge in [0.05, 0.1) is 6.61 Å². The Labute approximate surface area is 111 Å². The molecule has 0 saturated heterocycles. The molecule has 0 bridgehead atoms. The Hall–Kier alpha value is -1.23. The number of alkyl halides is 3. The maximum absolute atomic E-state index is 12.0. The van der Waals surface area contributed by atoms with Gasteiger partial charge >= 0.3 is 6.18 Å². The van der Waals surface area contributed by atoms with Crippen LogP contribution in [-0.4, -0.2) is 19.8 Å². The van der Waals surface area contributed by atoms with E-state index in [4.69, 9.17) is 4.74 Å². The van der Waals surface area contributed by atoms with Crippen LogP contribution in [0, 0.1) is 0 Å². The van der Waals surface area contributed by atoms with E-state index in [1.165, 1.54) is 5.56 Å². The zero-order chi connectivity index (χ0) is 13.9. The summed E-state index contributed by atoms with van der Waals surface area (Å²) in [7, 11) is 1.91. The second-order valence-electron chi connectivity index (χ2n) is 4.77. The summed E-state index contributed by atoms with van der Waals surface area (Å²) < 4.78 is 41.6. The van der Waals surface area contributed by atoms with E-state index in [0.717, 1.165) is 24.2 Å². The van der Waals surface area contributed by atoms with E-state index >= 15 is 0 Å². The third-order valence-corrected chi connectivity index (χ3v) is 3.44. The van der Waals surface area contributed by atoms with Gasteiger partial charge in [-0.05, 0) is 43.5 Å². The predicted molar refractivity (Wildman–Crippen MR) is 67.3 cm³/mol. The Bertz CT molecular complexity index is 431. The summed E-state index contributed by atoms with van der Waals surface area (Å²) in [6.07, 6.45) is -2.96. The van der Waals surface area contributed by atoms with Gasteiger partial charge in [0.2, 0.25) is 0 Å². The van der Waals surface area contributed by atoms with Gasteiger partial charge in [-0.3, -0.25) is 0 Å². The second kappa shape index (κ2) is 5.82. The molecular weight excluding hydrogens is 255 g/mol. The summed E-state index contributed by atoms with van der Waals surface area (Å²) in [6, 6.07) is 6.11. The van der Waals surface area contributed by atoms with E-state index < -0.39 is 12.6 Å². The van der Waals surface area contributed by atoms with E-state index in [0.29, 0.717) is 6.04 Å². The summed E-state index contributed by atoms with van der Waals surface area (Å²) in [5.41, 5.74) is 2.34. The quantitative estimate of drug-likeness (QED) is 0.827. The Morgan fingerprint density at radius 2 is 2.16 bits per heavy atom. The Kier molecular flexibility index (Phi) is 4.34. The SMILES string of the molecule is CNC1CCc2c(OCCCC(F)(F)F)cccc21. The van der Waals surface area contributed by atoms with Gasteiger partial charge < -0.3 is 10.1 Å². The molecule has 0 aromatic heterocycles. The minimum absolute atomic E-state index is 0.00260. The van der Waals surface area contributed by atoms with Crippen LogP contribution in [0.5, 0.6) is 5.75 Å². The maximum atomic E-state index is 12.0. The monoisotopic (exact) mass is 273 g/mol. The fourth-order valence-corrected chi connectivity index (χ4v) is 2.51.